The molecule has 0 bridgehead atoms. The molecule has 1 N–H and O–H groups in total. The molecule has 0 aliphatic rings. The van der Waals surface area contributed by atoms with E-state index < -0.39 is 65.2 Å². The topological polar surface area (TPSA) is 90.9 Å². The fraction of sp³-hybridized carbons (Fsp3) is 0.757. The van der Waals surface area contributed by atoms with Gasteiger partial charge in [0.05, 0.1) is 0 Å². The van der Waals surface area contributed by atoms with Crippen LogP contribution in [0, 0.1) is 5.92 Å². The number of unbranched alkanes of at least 4 members (excludes halogenated alkanes) is 3. The van der Waals surface area contributed by atoms with E-state index in [0.29, 0.717) is 6.42 Å². The van der Waals surface area contributed by atoms with Crippen LogP contribution in [0.1, 0.15) is 134 Å². The third-order valence-corrected chi connectivity index (χ3v) is 23.4. The number of hydrogen-bond donors (Lipinski definition) is 1. The molecule has 0 aromatic heterocycles. The molecule has 7 nitrogen and oxygen atoms in total. The van der Waals surface area contributed by atoms with Crippen molar-refractivity contribution in [1.29, 1.82) is 0 Å². The summed E-state index contributed by atoms with van der Waals surface area (Å²) in [6.45, 7) is 23.0. The number of rotatable bonds is 17. The van der Waals surface area contributed by atoms with Gasteiger partial charge in [-0.05, 0) is 20.8 Å². The first-order valence-corrected chi connectivity index (χ1v) is 24.8. The number of amides is 1. The molecule has 1 rings (SSSR count). The molecule has 0 fully saturated rings. The van der Waals surface area contributed by atoms with Gasteiger partial charge >= 0.3 is 259 Å². The second-order valence-electron chi connectivity index (χ2n) is 15.7. The van der Waals surface area contributed by atoms with Crippen LogP contribution in [-0.2, 0) is 30.2 Å². The Morgan fingerprint density at radius 3 is 1.49 bits per heavy atom. The summed E-state index contributed by atoms with van der Waals surface area (Å²) < 4.78 is 22.7. The Bertz CT molecular complexity index is 1030. The summed E-state index contributed by atoms with van der Waals surface area (Å²) in [4.78, 5) is 39.7. The van der Waals surface area contributed by atoms with Gasteiger partial charge in [0.25, 0.3) is 0 Å². The molecule has 0 saturated carbocycles. The number of carbonyl (C=O) groups is 3. The second kappa shape index (κ2) is 18.5. The Hall–Kier alpha value is -1.77. The van der Waals surface area contributed by atoms with Gasteiger partial charge in [0.2, 0.25) is 0 Å². The molecule has 258 valence electrons. The van der Waals surface area contributed by atoms with Gasteiger partial charge in [0.1, 0.15) is 0 Å². The molecule has 2 atom stereocenters. The predicted octanol–water partition coefficient (Wildman–Crippen LogP) is 8.87. The summed E-state index contributed by atoms with van der Waals surface area (Å²) >= 11 is -2.60. The summed E-state index contributed by atoms with van der Waals surface area (Å²) in [6.07, 6.45) is 7.23. The molecule has 1 amide bonds. The van der Waals surface area contributed by atoms with E-state index in [2.05, 4.69) is 50.4 Å². The maximum absolute atomic E-state index is 13.6. The van der Waals surface area contributed by atoms with E-state index in [4.69, 9.17) is 14.2 Å². The maximum atomic E-state index is 13.6. The average molecular weight is 739 g/mol. The third-order valence-electron chi connectivity index (χ3n) is 7.72. The molecule has 0 radical (unpaired) electrons. The molecule has 0 aliphatic carbocycles. The summed E-state index contributed by atoms with van der Waals surface area (Å²) in [5.74, 6) is -1.71. The Morgan fingerprint density at radius 1 is 0.667 bits per heavy atom. The minimum absolute atomic E-state index is 0.0253. The van der Waals surface area contributed by atoms with Crippen LogP contribution in [0.2, 0.25) is 13.3 Å². The van der Waals surface area contributed by atoms with Crippen LogP contribution in [0.25, 0.3) is 0 Å². The van der Waals surface area contributed by atoms with Crippen LogP contribution in [0.15, 0.2) is 24.3 Å². The number of carbonyl (C=O) groups excluding carboxylic acids is 3. The van der Waals surface area contributed by atoms with E-state index in [-0.39, 0.29) is 6.42 Å². The van der Waals surface area contributed by atoms with E-state index in [9.17, 15) is 14.4 Å². The van der Waals surface area contributed by atoms with Crippen molar-refractivity contribution in [3.8, 4) is 0 Å². The van der Waals surface area contributed by atoms with E-state index in [0.717, 1.165) is 5.56 Å². The van der Waals surface area contributed by atoms with Gasteiger partial charge in [-0.3, -0.25) is 0 Å². The molecule has 1 aromatic carbocycles. The number of nitrogens with one attached hydrogen (secondary N) is 1. The van der Waals surface area contributed by atoms with Crippen molar-refractivity contribution in [1.82, 2.24) is 5.32 Å². The zero-order valence-corrected chi connectivity index (χ0v) is 33.5. The number of esters is 2. The molecule has 0 unspecified atom stereocenters. The SMILES string of the molecule is CCC[CH2][Sn]([CH2]CCC)([CH2]CCC)[c]1ccc(C[C@@H](C[C@@H](NC(=O)OC(C)(C)C)C(=O)OC(C)(C)C)C(=O)OC(C)(C)C)cc1. The summed E-state index contributed by atoms with van der Waals surface area (Å²) in [5.41, 5.74) is -1.21. The van der Waals surface area contributed by atoms with Gasteiger partial charge in [-0.1, -0.05) is 0 Å². The standard InChI is InChI=1S/C25H38NO6.3C4H9.Sn/c1-23(2,3)30-20(27)18(15-17-13-11-10-12-14-17)16-19(21(28)31-24(4,5)6)26-22(29)32-25(7,8)9;3*1-3-4-2;/h11-14,18-19H,15-16H2,1-9H3,(H,26,29);3*1,3-4H2,2H3;/t18-,19+;;;;/m0..../s1. The minimum atomic E-state index is -2.60. The van der Waals surface area contributed by atoms with Crippen LogP contribution in [0.5, 0.6) is 0 Å². The summed E-state index contributed by atoms with van der Waals surface area (Å²) in [7, 11) is 0. The van der Waals surface area contributed by atoms with Crippen molar-refractivity contribution < 1.29 is 28.6 Å². The summed E-state index contributed by atoms with van der Waals surface area (Å²) in [5, 5.41) is 2.68. The van der Waals surface area contributed by atoms with Crippen molar-refractivity contribution in [2.75, 3.05) is 0 Å². The van der Waals surface area contributed by atoms with Crippen molar-refractivity contribution in [3.63, 3.8) is 0 Å². The molecule has 8 heteroatoms. The number of benzene rings is 1. The zero-order chi connectivity index (χ0) is 34.5. The molecule has 0 heterocycles. The second-order valence-corrected chi connectivity index (χ2v) is 28.9. The molecule has 0 aliphatic heterocycles. The first-order chi connectivity index (χ1) is 20.7. The van der Waals surface area contributed by atoms with Crippen molar-refractivity contribution >= 4 is 40.0 Å². The zero-order valence-electron chi connectivity index (χ0n) is 30.7. The molecule has 45 heavy (non-hydrogen) atoms. The number of hydrogen-bond acceptors (Lipinski definition) is 6. The van der Waals surface area contributed by atoms with E-state index in [1.54, 1.807) is 45.1 Å². The van der Waals surface area contributed by atoms with Crippen molar-refractivity contribution in [2.45, 2.75) is 171 Å². The molecule has 0 spiro atoms. The predicted molar refractivity (Wildman–Crippen MR) is 188 cm³/mol. The first-order valence-electron chi connectivity index (χ1n) is 17.3. The molecule has 0 saturated heterocycles. The average Bonchev–Trinajstić information content (AvgIpc) is 2.89. The Balaban J connectivity index is 3.45. The van der Waals surface area contributed by atoms with Gasteiger partial charge in [0.15, 0.2) is 0 Å². The van der Waals surface area contributed by atoms with Gasteiger partial charge < -0.3 is 0 Å². The van der Waals surface area contributed by atoms with Gasteiger partial charge in [-0.2, -0.15) is 0 Å². The molecular formula is C37H65NO6Sn. The summed E-state index contributed by atoms with van der Waals surface area (Å²) in [6, 6.07) is 7.93. The normalized spacial score (nSPS) is 14.0. The monoisotopic (exact) mass is 739 g/mol. The van der Waals surface area contributed by atoms with E-state index in [1.165, 1.54) is 51.8 Å². The van der Waals surface area contributed by atoms with Crippen LogP contribution >= 0.6 is 0 Å². The molecular weight excluding hydrogens is 673 g/mol. The quantitative estimate of drug-likeness (QED) is 0.0976. The van der Waals surface area contributed by atoms with Gasteiger partial charge in [-0.25, -0.2) is 0 Å². The third kappa shape index (κ3) is 16.6. The van der Waals surface area contributed by atoms with Crippen LogP contribution in [0.3, 0.4) is 0 Å². The van der Waals surface area contributed by atoms with Crippen molar-refractivity contribution in [2.24, 2.45) is 5.92 Å². The Morgan fingerprint density at radius 2 is 1.09 bits per heavy atom. The number of ether oxygens (including phenoxy) is 3. The fourth-order valence-corrected chi connectivity index (χ4v) is 21.5. The van der Waals surface area contributed by atoms with Crippen LogP contribution in [-0.4, -0.2) is 59.3 Å². The molecule has 1 aromatic rings. The first kappa shape index (κ1) is 41.3. The van der Waals surface area contributed by atoms with E-state index in [1.807, 2.05) is 20.8 Å². The Kier molecular flexibility index (Phi) is 17.0. The number of alkyl carbamates (subject to hydrolysis) is 1. The van der Waals surface area contributed by atoms with E-state index >= 15 is 0 Å². The van der Waals surface area contributed by atoms with Gasteiger partial charge in [0, 0.05) is 0 Å². The Labute approximate surface area is 279 Å². The van der Waals surface area contributed by atoms with Gasteiger partial charge in [-0.15, -0.1) is 0 Å². The van der Waals surface area contributed by atoms with Crippen LogP contribution in [0.4, 0.5) is 4.79 Å². The van der Waals surface area contributed by atoms with Crippen LogP contribution < -0.4 is 8.90 Å². The fourth-order valence-electron chi connectivity index (χ4n) is 5.60. The van der Waals surface area contributed by atoms with Crippen molar-refractivity contribution in [3.05, 3.63) is 29.8 Å².